The molecule has 0 aliphatic carbocycles. The number of aryl methyl sites for hydroxylation is 1. The second-order valence-corrected chi connectivity index (χ2v) is 3.54. The molecule has 0 fully saturated rings. The van der Waals surface area contributed by atoms with Crippen molar-refractivity contribution < 1.29 is 0 Å². The van der Waals surface area contributed by atoms with Crippen LogP contribution in [0.5, 0.6) is 0 Å². The quantitative estimate of drug-likeness (QED) is 0.662. The Morgan fingerprint density at radius 1 is 1.00 bits per heavy atom. The summed E-state index contributed by atoms with van der Waals surface area (Å²) in [5, 5.41) is 0. The van der Waals surface area contributed by atoms with Crippen molar-refractivity contribution in [3.63, 3.8) is 0 Å². The number of nitrogen functional groups attached to an aromatic ring is 2. The minimum Gasteiger partial charge on any atom is -0.382 e. The maximum absolute atomic E-state index is 5.75. The van der Waals surface area contributed by atoms with Gasteiger partial charge in [0, 0.05) is 5.56 Å². The Hall–Kier alpha value is -2.54. The fourth-order valence-corrected chi connectivity index (χ4v) is 1.43. The minimum absolute atomic E-state index is 0.172. The smallest absolute Gasteiger partial charge is 0.222 e. The van der Waals surface area contributed by atoms with Gasteiger partial charge in [-0.3, -0.25) is 0 Å². The molecule has 0 radical (unpaired) electrons. The molecule has 0 unspecified atom stereocenters. The van der Waals surface area contributed by atoms with E-state index in [0.29, 0.717) is 17.1 Å². The van der Waals surface area contributed by atoms with Gasteiger partial charge >= 0.3 is 0 Å². The Morgan fingerprint density at radius 2 is 1.71 bits per heavy atom. The molecule has 0 aliphatic rings. The predicted octanol–water partition coefficient (Wildman–Crippen LogP) is 1.35. The summed E-state index contributed by atoms with van der Waals surface area (Å²) in [6, 6.07) is 9.66. The van der Waals surface area contributed by atoms with Crippen molar-refractivity contribution in [3.05, 3.63) is 47.2 Å². The molecule has 0 saturated heterocycles. The molecule has 4 N–H and O–H groups in total. The van der Waals surface area contributed by atoms with Gasteiger partial charge in [0.15, 0.2) is 0 Å². The Morgan fingerprint density at radius 3 is 2.35 bits per heavy atom. The van der Waals surface area contributed by atoms with E-state index in [1.165, 1.54) is 0 Å². The van der Waals surface area contributed by atoms with Crippen LogP contribution < -0.4 is 11.5 Å². The number of nitrogens with zero attached hydrogens (tertiary/aromatic N) is 2. The Balaban J connectivity index is 2.41. The van der Waals surface area contributed by atoms with Crippen LogP contribution >= 0.6 is 0 Å². The zero-order valence-electron chi connectivity index (χ0n) is 9.44. The van der Waals surface area contributed by atoms with Crippen molar-refractivity contribution in [2.24, 2.45) is 0 Å². The summed E-state index contributed by atoms with van der Waals surface area (Å²) in [5.41, 5.74) is 13.5. The van der Waals surface area contributed by atoms with Crippen LogP contribution in [-0.2, 0) is 0 Å². The summed E-state index contributed by atoms with van der Waals surface area (Å²) >= 11 is 0. The van der Waals surface area contributed by atoms with Crippen molar-refractivity contribution in [3.8, 4) is 11.8 Å². The average molecular weight is 224 g/mol. The van der Waals surface area contributed by atoms with Gasteiger partial charge in [-0.1, -0.05) is 30.0 Å². The van der Waals surface area contributed by atoms with E-state index in [2.05, 4.69) is 21.8 Å². The number of hydrogen-bond donors (Lipinski definition) is 2. The van der Waals surface area contributed by atoms with Gasteiger partial charge in [-0.25, -0.2) is 4.98 Å². The number of nitrogens with two attached hydrogens (primary N) is 2. The molecule has 0 amide bonds. The predicted molar refractivity (Wildman–Crippen MR) is 68.0 cm³/mol. The molecule has 0 bridgehead atoms. The molecule has 2 aromatic rings. The highest BCUT2D eigenvalue weighted by molar-refractivity contribution is 5.56. The van der Waals surface area contributed by atoms with E-state index in [1.807, 2.05) is 37.3 Å². The van der Waals surface area contributed by atoms with Gasteiger partial charge in [0.1, 0.15) is 5.82 Å². The molecule has 84 valence electrons. The van der Waals surface area contributed by atoms with Gasteiger partial charge in [0.05, 0.1) is 11.3 Å². The third kappa shape index (κ3) is 2.52. The molecule has 2 rings (SSSR count). The van der Waals surface area contributed by atoms with Crippen LogP contribution in [-0.4, -0.2) is 9.97 Å². The van der Waals surface area contributed by atoms with Gasteiger partial charge in [-0.05, 0) is 19.1 Å². The standard InChI is InChI=1S/C13H12N4/c1-9-11(12(14)17-13(15)16-9)8-7-10-5-3-2-4-6-10/h2-6H,1H3,(H4,14,15,16,17). The third-order valence-corrected chi connectivity index (χ3v) is 2.24. The summed E-state index contributed by atoms with van der Waals surface area (Å²) in [4.78, 5) is 7.92. The number of benzene rings is 1. The zero-order valence-corrected chi connectivity index (χ0v) is 9.44. The lowest BCUT2D eigenvalue weighted by Gasteiger charge is -2.01. The average Bonchev–Trinajstić information content (AvgIpc) is 2.29. The summed E-state index contributed by atoms with van der Waals surface area (Å²) in [6.07, 6.45) is 0. The van der Waals surface area contributed by atoms with Gasteiger partial charge in [0.25, 0.3) is 0 Å². The van der Waals surface area contributed by atoms with Crippen molar-refractivity contribution in [2.45, 2.75) is 6.92 Å². The lowest BCUT2D eigenvalue weighted by Crippen LogP contribution is -2.04. The van der Waals surface area contributed by atoms with Crippen molar-refractivity contribution >= 4 is 11.8 Å². The molecule has 1 aromatic heterocycles. The van der Waals surface area contributed by atoms with E-state index >= 15 is 0 Å². The Labute approximate surface area is 99.7 Å². The van der Waals surface area contributed by atoms with Crippen LogP contribution in [0.4, 0.5) is 11.8 Å². The highest BCUT2D eigenvalue weighted by Gasteiger charge is 2.04. The maximum Gasteiger partial charge on any atom is 0.222 e. The van der Waals surface area contributed by atoms with Crippen LogP contribution in [0.25, 0.3) is 0 Å². The molecule has 0 aliphatic heterocycles. The first-order chi connectivity index (χ1) is 8.16. The summed E-state index contributed by atoms with van der Waals surface area (Å²) in [5.74, 6) is 6.47. The molecule has 0 spiro atoms. The molecule has 4 nitrogen and oxygen atoms in total. The summed E-state index contributed by atoms with van der Waals surface area (Å²) in [7, 11) is 0. The van der Waals surface area contributed by atoms with E-state index in [4.69, 9.17) is 11.5 Å². The van der Waals surface area contributed by atoms with E-state index in [0.717, 1.165) is 5.56 Å². The Kier molecular flexibility index (Phi) is 2.93. The van der Waals surface area contributed by atoms with Crippen molar-refractivity contribution in [1.29, 1.82) is 0 Å². The summed E-state index contributed by atoms with van der Waals surface area (Å²) in [6.45, 7) is 1.81. The highest BCUT2D eigenvalue weighted by Crippen LogP contribution is 2.12. The fourth-order valence-electron chi connectivity index (χ4n) is 1.43. The molecule has 1 aromatic carbocycles. The van der Waals surface area contributed by atoms with Gasteiger partial charge in [0.2, 0.25) is 5.95 Å². The SMILES string of the molecule is Cc1nc(N)nc(N)c1C#Cc1ccccc1. The van der Waals surface area contributed by atoms with Crippen LogP contribution in [0.15, 0.2) is 30.3 Å². The van der Waals surface area contributed by atoms with Crippen LogP contribution in [0.1, 0.15) is 16.8 Å². The van der Waals surface area contributed by atoms with E-state index in [1.54, 1.807) is 0 Å². The van der Waals surface area contributed by atoms with E-state index in [9.17, 15) is 0 Å². The molecule has 0 atom stereocenters. The largest absolute Gasteiger partial charge is 0.382 e. The number of aromatic nitrogens is 2. The first-order valence-corrected chi connectivity index (χ1v) is 5.13. The lowest BCUT2D eigenvalue weighted by atomic mass is 10.2. The van der Waals surface area contributed by atoms with Gasteiger partial charge in [-0.15, -0.1) is 0 Å². The minimum atomic E-state index is 0.172. The molecule has 0 saturated carbocycles. The van der Waals surface area contributed by atoms with Crippen molar-refractivity contribution in [1.82, 2.24) is 9.97 Å². The molecular formula is C13H12N4. The highest BCUT2D eigenvalue weighted by atomic mass is 15.0. The van der Waals surface area contributed by atoms with Crippen LogP contribution in [0.3, 0.4) is 0 Å². The van der Waals surface area contributed by atoms with E-state index < -0.39 is 0 Å². The van der Waals surface area contributed by atoms with Gasteiger partial charge in [-0.2, -0.15) is 4.98 Å². The van der Waals surface area contributed by atoms with E-state index in [-0.39, 0.29) is 5.95 Å². The van der Waals surface area contributed by atoms with Crippen LogP contribution in [0.2, 0.25) is 0 Å². The Bertz CT molecular complexity index is 571. The molecular weight excluding hydrogens is 212 g/mol. The molecule has 17 heavy (non-hydrogen) atoms. The zero-order chi connectivity index (χ0) is 12.3. The third-order valence-electron chi connectivity index (χ3n) is 2.24. The van der Waals surface area contributed by atoms with Crippen molar-refractivity contribution in [2.75, 3.05) is 11.5 Å². The second kappa shape index (κ2) is 4.54. The maximum atomic E-state index is 5.75. The molecule has 1 heterocycles. The monoisotopic (exact) mass is 224 g/mol. The topological polar surface area (TPSA) is 77.8 Å². The fraction of sp³-hybridized carbons (Fsp3) is 0.0769. The normalized spacial score (nSPS) is 9.47. The molecule has 4 heteroatoms. The number of hydrogen-bond acceptors (Lipinski definition) is 4. The summed E-state index contributed by atoms with van der Waals surface area (Å²) < 4.78 is 0. The van der Waals surface area contributed by atoms with Crippen LogP contribution in [0, 0.1) is 18.8 Å². The number of anilines is 2. The first kappa shape index (κ1) is 11.0. The second-order valence-electron chi connectivity index (χ2n) is 3.54. The van der Waals surface area contributed by atoms with Gasteiger partial charge < -0.3 is 11.5 Å². The lowest BCUT2D eigenvalue weighted by molar-refractivity contribution is 1.11. The first-order valence-electron chi connectivity index (χ1n) is 5.13. The number of rotatable bonds is 0.